The van der Waals surface area contributed by atoms with Gasteiger partial charge in [-0.3, -0.25) is 10.1 Å². The number of nitriles is 1. The zero-order valence-electron chi connectivity index (χ0n) is 16.1. The van der Waals surface area contributed by atoms with Crippen LogP contribution in [0.1, 0.15) is 22.5 Å². The molecule has 1 aromatic heterocycles. The second-order valence-electron chi connectivity index (χ2n) is 6.46. The molecule has 0 aliphatic rings. The van der Waals surface area contributed by atoms with Gasteiger partial charge in [0.15, 0.2) is 0 Å². The maximum absolute atomic E-state index is 13.5. The van der Waals surface area contributed by atoms with Crippen LogP contribution in [0.5, 0.6) is 5.75 Å². The lowest BCUT2D eigenvalue weighted by atomic mass is 10.0. The summed E-state index contributed by atoms with van der Waals surface area (Å²) in [7, 11) is 1.45. The van der Waals surface area contributed by atoms with Crippen LogP contribution >= 0.6 is 0 Å². The average molecular weight is 391 g/mol. The highest BCUT2D eigenvalue weighted by atomic mass is 19.1. The van der Waals surface area contributed by atoms with Gasteiger partial charge < -0.3 is 9.30 Å². The third-order valence-electron chi connectivity index (χ3n) is 4.64. The minimum atomic E-state index is -0.478. The number of ether oxygens (including phenoxy) is 1. The van der Waals surface area contributed by atoms with Crippen LogP contribution in [-0.4, -0.2) is 16.6 Å². The summed E-state index contributed by atoms with van der Waals surface area (Å²) in [5.41, 5.74) is 3.87. The molecule has 0 amide bonds. The van der Waals surface area contributed by atoms with E-state index in [1.165, 1.54) is 31.4 Å². The molecule has 0 fully saturated rings. The van der Waals surface area contributed by atoms with Gasteiger partial charge in [0, 0.05) is 17.5 Å². The third kappa shape index (κ3) is 3.87. The molecule has 3 rings (SSSR count). The number of hydrogen-bond donors (Lipinski definition) is 0. The van der Waals surface area contributed by atoms with E-state index in [2.05, 4.69) is 6.07 Å². The Kier molecular flexibility index (Phi) is 5.46. The number of benzene rings is 2. The molecule has 0 saturated carbocycles. The smallest absolute Gasteiger partial charge is 0.273 e. The predicted molar refractivity (Wildman–Crippen MR) is 108 cm³/mol. The van der Waals surface area contributed by atoms with E-state index in [1.54, 1.807) is 24.3 Å². The van der Waals surface area contributed by atoms with Crippen LogP contribution < -0.4 is 4.74 Å². The van der Waals surface area contributed by atoms with Crippen molar-refractivity contribution in [1.82, 2.24) is 4.57 Å². The lowest BCUT2D eigenvalue weighted by Crippen LogP contribution is -2.03. The number of nitro benzene ring substituents is 1. The lowest BCUT2D eigenvalue weighted by Gasteiger charge is -2.14. The molecule has 1 heterocycles. The lowest BCUT2D eigenvalue weighted by molar-refractivity contribution is -0.384. The van der Waals surface area contributed by atoms with Crippen molar-refractivity contribution >= 4 is 17.3 Å². The Morgan fingerprint density at radius 1 is 1.24 bits per heavy atom. The molecule has 2 aromatic carbocycles. The van der Waals surface area contributed by atoms with Crippen LogP contribution in [0.2, 0.25) is 0 Å². The Morgan fingerprint density at radius 2 is 2.00 bits per heavy atom. The van der Waals surface area contributed by atoms with E-state index >= 15 is 0 Å². The Balaban J connectivity index is 2.12. The molecular weight excluding hydrogens is 373 g/mol. The molecule has 7 heteroatoms. The molecule has 0 aliphatic heterocycles. The number of aromatic nitrogens is 1. The fourth-order valence-electron chi connectivity index (χ4n) is 3.26. The fourth-order valence-corrected chi connectivity index (χ4v) is 3.26. The molecule has 0 N–H and O–H groups in total. The summed E-state index contributed by atoms with van der Waals surface area (Å²) in [5, 5.41) is 20.6. The first-order valence-electron chi connectivity index (χ1n) is 8.75. The zero-order chi connectivity index (χ0) is 21.1. The summed E-state index contributed by atoms with van der Waals surface area (Å²) in [6.07, 6.45) is 1.70. The van der Waals surface area contributed by atoms with Crippen molar-refractivity contribution in [3.63, 3.8) is 0 Å². The molecule has 3 aromatic rings. The second-order valence-corrected chi connectivity index (χ2v) is 6.46. The summed E-state index contributed by atoms with van der Waals surface area (Å²) in [4.78, 5) is 10.6. The van der Waals surface area contributed by atoms with Gasteiger partial charge in [-0.1, -0.05) is 12.1 Å². The van der Waals surface area contributed by atoms with Crippen LogP contribution in [0.25, 0.3) is 17.3 Å². The maximum atomic E-state index is 13.5. The number of nitro groups is 1. The Morgan fingerprint density at radius 3 is 2.62 bits per heavy atom. The van der Waals surface area contributed by atoms with E-state index in [9.17, 15) is 19.8 Å². The summed E-state index contributed by atoms with van der Waals surface area (Å²) in [6.45, 7) is 3.76. The largest absolute Gasteiger partial charge is 0.494 e. The number of halogens is 1. The van der Waals surface area contributed by atoms with Gasteiger partial charge in [-0.15, -0.1) is 0 Å². The van der Waals surface area contributed by atoms with Crippen LogP contribution in [0, 0.1) is 41.1 Å². The van der Waals surface area contributed by atoms with E-state index < -0.39 is 10.7 Å². The molecule has 0 aliphatic carbocycles. The number of nitrogens with zero attached hydrogens (tertiary/aromatic N) is 3. The topological polar surface area (TPSA) is 81.1 Å². The Labute approximate surface area is 167 Å². The van der Waals surface area contributed by atoms with Crippen molar-refractivity contribution in [2.24, 2.45) is 0 Å². The molecule has 0 spiro atoms. The van der Waals surface area contributed by atoms with Crippen molar-refractivity contribution < 1.29 is 14.1 Å². The highest BCUT2D eigenvalue weighted by Gasteiger charge is 2.17. The average Bonchev–Trinajstić information content (AvgIpc) is 2.98. The highest BCUT2D eigenvalue weighted by Crippen LogP contribution is 2.32. The fraction of sp³-hybridized carbons (Fsp3) is 0.136. The Bertz CT molecular complexity index is 1170. The number of hydrogen-bond acceptors (Lipinski definition) is 4. The molecular formula is C22H18FN3O3. The standard InChI is InChI=1S/C22H18FN3O3/c1-14-9-17(10-18(13-24)16-5-4-6-19(23)11-16)15(2)25(14)21-8-7-20(26(27)28)12-22(21)29-3/h4-12H,1-3H3/b18-10-. The van der Waals surface area contributed by atoms with Crippen molar-refractivity contribution in [2.45, 2.75) is 13.8 Å². The first kappa shape index (κ1) is 19.8. The van der Waals surface area contributed by atoms with Gasteiger partial charge in [0.25, 0.3) is 5.69 Å². The summed E-state index contributed by atoms with van der Waals surface area (Å²) < 4.78 is 20.8. The maximum Gasteiger partial charge on any atom is 0.273 e. The molecule has 0 unspecified atom stereocenters. The van der Waals surface area contributed by atoms with Crippen LogP contribution in [-0.2, 0) is 0 Å². The molecule has 0 atom stereocenters. The van der Waals surface area contributed by atoms with E-state index in [4.69, 9.17) is 4.74 Å². The summed E-state index contributed by atoms with van der Waals surface area (Å²) in [5.74, 6) is -0.0492. The summed E-state index contributed by atoms with van der Waals surface area (Å²) in [6, 6.07) is 14.3. The van der Waals surface area contributed by atoms with E-state index in [0.717, 1.165) is 17.0 Å². The van der Waals surface area contributed by atoms with E-state index in [0.29, 0.717) is 22.6 Å². The molecule has 29 heavy (non-hydrogen) atoms. The van der Waals surface area contributed by atoms with E-state index in [-0.39, 0.29) is 5.69 Å². The van der Waals surface area contributed by atoms with Crippen molar-refractivity contribution in [3.8, 4) is 17.5 Å². The highest BCUT2D eigenvalue weighted by molar-refractivity contribution is 5.90. The minimum absolute atomic E-state index is 0.0638. The molecule has 0 bridgehead atoms. The molecule has 6 nitrogen and oxygen atoms in total. The molecule has 0 saturated heterocycles. The minimum Gasteiger partial charge on any atom is -0.494 e. The van der Waals surface area contributed by atoms with Gasteiger partial charge in [-0.2, -0.15) is 5.26 Å². The molecule has 0 radical (unpaired) electrons. The van der Waals surface area contributed by atoms with Gasteiger partial charge >= 0.3 is 0 Å². The van der Waals surface area contributed by atoms with Crippen molar-refractivity contribution in [3.05, 3.63) is 87.0 Å². The van der Waals surface area contributed by atoms with Crippen molar-refractivity contribution in [1.29, 1.82) is 5.26 Å². The van der Waals surface area contributed by atoms with Gasteiger partial charge in [-0.25, -0.2) is 4.39 Å². The van der Waals surface area contributed by atoms with Gasteiger partial charge in [-0.05, 0) is 55.3 Å². The second kappa shape index (κ2) is 7.98. The van der Waals surface area contributed by atoms with E-state index in [1.807, 2.05) is 24.5 Å². The van der Waals surface area contributed by atoms with Gasteiger partial charge in [0.2, 0.25) is 0 Å². The first-order chi connectivity index (χ1) is 13.8. The van der Waals surface area contributed by atoms with Crippen LogP contribution in [0.3, 0.4) is 0 Å². The number of rotatable bonds is 5. The van der Waals surface area contributed by atoms with Gasteiger partial charge in [0.1, 0.15) is 11.6 Å². The third-order valence-corrected chi connectivity index (χ3v) is 4.64. The van der Waals surface area contributed by atoms with Crippen LogP contribution in [0.4, 0.5) is 10.1 Å². The van der Waals surface area contributed by atoms with Crippen molar-refractivity contribution in [2.75, 3.05) is 7.11 Å². The zero-order valence-corrected chi connectivity index (χ0v) is 16.1. The normalized spacial score (nSPS) is 11.2. The number of aryl methyl sites for hydroxylation is 1. The number of allylic oxidation sites excluding steroid dienone is 1. The van der Waals surface area contributed by atoms with Gasteiger partial charge in [0.05, 0.1) is 35.4 Å². The monoisotopic (exact) mass is 391 g/mol. The van der Waals surface area contributed by atoms with Crippen LogP contribution in [0.15, 0.2) is 48.5 Å². The number of methoxy groups -OCH3 is 1. The number of non-ortho nitro benzene ring substituents is 1. The molecule has 146 valence electrons. The predicted octanol–water partition coefficient (Wildman–Crippen LogP) is 5.21. The quantitative estimate of drug-likeness (QED) is 0.339. The first-order valence-corrected chi connectivity index (χ1v) is 8.75. The summed E-state index contributed by atoms with van der Waals surface area (Å²) >= 11 is 0. The Hall–Kier alpha value is -3.92. The SMILES string of the molecule is COc1cc([N+](=O)[O-])ccc1-n1c(C)cc(/C=C(/C#N)c2cccc(F)c2)c1C.